The van der Waals surface area contributed by atoms with E-state index >= 15 is 0 Å². The molecule has 1 heterocycles. The smallest absolute Gasteiger partial charge is 0.248 e. The van der Waals surface area contributed by atoms with Gasteiger partial charge < -0.3 is 5.73 Å². The molecule has 0 radical (unpaired) electrons. The summed E-state index contributed by atoms with van der Waals surface area (Å²) in [6.45, 7) is 2.69. The molecule has 0 atom stereocenters. The number of nitrogens with two attached hydrogens (primary N) is 1. The van der Waals surface area contributed by atoms with E-state index < -0.39 is 10.0 Å². The van der Waals surface area contributed by atoms with E-state index in [9.17, 15) is 8.42 Å². The molecular formula is C14H26N4O2S. The van der Waals surface area contributed by atoms with Crippen LogP contribution in [-0.4, -0.2) is 35.6 Å². The lowest BCUT2D eigenvalue weighted by molar-refractivity contribution is 0.336. The molecule has 1 fully saturated rings. The Balaban J connectivity index is 2.23. The second-order valence-electron chi connectivity index (χ2n) is 5.81. The molecule has 7 heteroatoms. The molecule has 21 heavy (non-hydrogen) atoms. The topological polar surface area (TPSA) is 81.2 Å². The first-order chi connectivity index (χ1) is 9.96. The van der Waals surface area contributed by atoms with Gasteiger partial charge in [0.25, 0.3) is 0 Å². The molecular weight excluding hydrogens is 288 g/mol. The fourth-order valence-electron chi connectivity index (χ4n) is 2.93. The fourth-order valence-corrected chi connectivity index (χ4v) is 4.41. The molecule has 1 aliphatic rings. The van der Waals surface area contributed by atoms with E-state index in [2.05, 4.69) is 5.10 Å². The first-order valence-corrected chi connectivity index (χ1v) is 9.21. The number of anilines is 1. The van der Waals surface area contributed by atoms with E-state index in [1.807, 2.05) is 6.92 Å². The van der Waals surface area contributed by atoms with Crippen molar-refractivity contribution in [2.75, 3.05) is 12.8 Å². The van der Waals surface area contributed by atoms with E-state index in [1.54, 1.807) is 17.9 Å². The molecule has 0 unspecified atom stereocenters. The van der Waals surface area contributed by atoms with Crippen LogP contribution in [0.3, 0.4) is 0 Å². The lowest BCUT2D eigenvalue weighted by Crippen LogP contribution is -2.36. The van der Waals surface area contributed by atoms with Gasteiger partial charge in [-0.15, -0.1) is 0 Å². The zero-order chi connectivity index (χ0) is 15.5. The van der Waals surface area contributed by atoms with E-state index in [1.165, 1.54) is 17.1 Å². The number of hydrogen-bond donors (Lipinski definition) is 1. The normalized spacial score (nSPS) is 18.0. The summed E-state index contributed by atoms with van der Waals surface area (Å²) in [4.78, 5) is 0.141. The van der Waals surface area contributed by atoms with Gasteiger partial charge in [-0.25, -0.2) is 8.42 Å². The summed E-state index contributed by atoms with van der Waals surface area (Å²) in [7, 11) is -1.89. The van der Waals surface area contributed by atoms with Crippen LogP contribution in [0.4, 0.5) is 5.82 Å². The molecule has 120 valence electrons. The van der Waals surface area contributed by atoms with Crippen molar-refractivity contribution in [1.82, 2.24) is 14.1 Å². The van der Waals surface area contributed by atoms with Crippen molar-refractivity contribution in [1.29, 1.82) is 0 Å². The van der Waals surface area contributed by atoms with Gasteiger partial charge >= 0.3 is 0 Å². The Bertz CT molecular complexity index is 560. The zero-order valence-corrected chi connectivity index (χ0v) is 13.8. The number of nitrogens with zero attached hydrogens (tertiary/aromatic N) is 3. The first-order valence-electron chi connectivity index (χ1n) is 7.77. The SMILES string of the molecule is CCCn1cc(S(=O)(=O)N(C)C2CCCCCC2)c(N)n1. The maximum absolute atomic E-state index is 12.8. The van der Waals surface area contributed by atoms with Crippen LogP contribution in [-0.2, 0) is 16.6 Å². The Kier molecular flexibility index (Phi) is 5.27. The van der Waals surface area contributed by atoms with E-state index in [-0.39, 0.29) is 16.8 Å². The van der Waals surface area contributed by atoms with E-state index in [0.717, 1.165) is 32.1 Å². The summed E-state index contributed by atoms with van der Waals surface area (Å²) in [6.07, 6.45) is 8.88. The molecule has 0 saturated heterocycles. The summed E-state index contributed by atoms with van der Waals surface area (Å²) < 4.78 is 28.7. The average molecular weight is 314 g/mol. The summed E-state index contributed by atoms with van der Waals surface area (Å²) in [5.41, 5.74) is 5.82. The molecule has 1 aromatic heterocycles. The largest absolute Gasteiger partial charge is 0.381 e. The number of aryl methyl sites for hydroxylation is 1. The Labute approximate surface area is 127 Å². The van der Waals surface area contributed by atoms with Crippen LogP contribution in [0.1, 0.15) is 51.9 Å². The van der Waals surface area contributed by atoms with Crippen molar-refractivity contribution in [2.45, 2.75) is 69.4 Å². The highest BCUT2D eigenvalue weighted by Crippen LogP contribution is 2.27. The number of sulfonamides is 1. The summed E-state index contributed by atoms with van der Waals surface area (Å²) in [5, 5.41) is 4.10. The second kappa shape index (κ2) is 6.79. The average Bonchev–Trinajstić information content (AvgIpc) is 2.67. The summed E-state index contributed by atoms with van der Waals surface area (Å²) in [5.74, 6) is 0.101. The Morgan fingerprint density at radius 2 is 1.95 bits per heavy atom. The third-order valence-corrected chi connectivity index (χ3v) is 6.13. The van der Waals surface area contributed by atoms with E-state index in [0.29, 0.717) is 6.54 Å². The lowest BCUT2D eigenvalue weighted by atomic mass is 10.1. The third kappa shape index (κ3) is 3.58. The summed E-state index contributed by atoms with van der Waals surface area (Å²) >= 11 is 0. The highest BCUT2D eigenvalue weighted by atomic mass is 32.2. The monoisotopic (exact) mass is 314 g/mol. The van der Waals surface area contributed by atoms with Crippen molar-refractivity contribution in [2.24, 2.45) is 0 Å². The van der Waals surface area contributed by atoms with Gasteiger partial charge in [-0.1, -0.05) is 32.6 Å². The second-order valence-corrected chi connectivity index (χ2v) is 7.77. The minimum atomic E-state index is -3.56. The molecule has 2 N–H and O–H groups in total. The van der Waals surface area contributed by atoms with Gasteiger partial charge in [0.1, 0.15) is 4.90 Å². The van der Waals surface area contributed by atoms with Gasteiger partial charge in [0.05, 0.1) is 0 Å². The predicted molar refractivity (Wildman–Crippen MR) is 83.4 cm³/mol. The molecule has 0 spiro atoms. The molecule has 0 amide bonds. The van der Waals surface area contributed by atoms with Crippen LogP contribution in [0.5, 0.6) is 0 Å². The number of rotatable bonds is 5. The van der Waals surface area contributed by atoms with Crippen molar-refractivity contribution in [3.8, 4) is 0 Å². The third-order valence-electron chi connectivity index (χ3n) is 4.20. The summed E-state index contributed by atoms with van der Waals surface area (Å²) in [6, 6.07) is 0.0754. The molecule has 1 saturated carbocycles. The molecule has 0 aromatic carbocycles. The van der Waals surface area contributed by atoms with Gasteiger partial charge in [-0.05, 0) is 19.3 Å². The maximum atomic E-state index is 12.8. The molecule has 1 aliphatic carbocycles. The number of nitrogen functional groups attached to an aromatic ring is 1. The van der Waals surface area contributed by atoms with Gasteiger partial charge in [0.15, 0.2) is 5.82 Å². The molecule has 0 aliphatic heterocycles. The van der Waals surface area contributed by atoms with Gasteiger partial charge in [-0.3, -0.25) is 4.68 Å². The predicted octanol–water partition coefficient (Wildman–Crippen LogP) is 2.22. The van der Waals surface area contributed by atoms with Crippen molar-refractivity contribution in [3.05, 3.63) is 6.20 Å². The minimum absolute atomic E-state index is 0.0754. The van der Waals surface area contributed by atoms with Crippen LogP contribution < -0.4 is 5.73 Å². The number of aromatic nitrogens is 2. The standard InChI is InChI=1S/C14H26N4O2S/c1-3-10-18-11-13(14(15)16-18)21(19,20)17(2)12-8-6-4-5-7-9-12/h11-12H,3-10H2,1-2H3,(H2,15,16). The number of hydrogen-bond acceptors (Lipinski definition) is 4. The molecule has 6 nitrogen and oxygen atoms in total. The van der Waals surface area contributed by atoms with Crippen LogP contribution >= 0.6 is 0 Å². The molecule has 2 rings (SSSR count). The fraction of sp³-hybridized carbons (Fsp3) is 0.786. The maximum Gasteiger partial charge on any atom is 0.248 e. The van der Waals surface area contributed by atoms with Gasteiger partial charge in [0.2, 0.25) is 10.0 Å². The highest BCUT2D eigenvalue weighted by Gasteiger charge is 2.31. The quantitative estimate of drug-likeness (QED) is 0.845. The highest BCUT2D eigenvalue weighted by molar-refractivity contribution is 7.89. The Morgan fingerprint density at radius 1 is 1.33 bits per heavy atom. The minimum Gasteiger partial charge on any atom is -0.381 e. The van der Waals surface area contributed by atoms with Crippen LogP contribution in [0.15, 0.2) is 11.1 Å². The molecule has 0 bridgehead atoms. The Morgan fingerprint density at radius 3 is 2.52 bits per heavy atom. The molecule has 1 aromatic rings. The van der Waals surface area contributed by atoms with Gasteiger partial charge in [0, 0.05) is 25.8 Å². The zero-order valence-electron chi connectivity index (χ0n) is 13.0. The van der Waals surface area contributed by atoms with Crippen molar-refractivity contribution < 1.29 is 8.42 Å². The Hall–Kier alpha value is -1.08. The van der Waals surface area contributed by atoms with Crippen LogP contribution in [0.25, 0.3) is 0 Å². The first kappa shape index (κ1) is 16.3. The van der Waals surface area contributed by atoms with Crippen molar-refractivity contribution >= 4 is 15.8 Å². The van der Waals surface area contributed by atoms with Gasteiger partial charge in [-0.2, -0.15) is 9.40 Å². The van der Waals surface area contributed by atoms with Crippen molar-refractivity contribution in [3.63, 3.8) is 0 Å². The lowest BCUT2D eigenvalue weighted by Gasteiger charge is -2.26. The van der Waals surface area contributed by atoms with E-state index in [4.69, 9.17) is 5.73 Å². The van der Waals surface area contributed by atoms with Crippen LogP contribution in [0.2, 0.25) is 0 Å². The van der Waals surface area contributed by atoms with Crippen LogP contribution in [0, 0.1) is 0 Å².